The van der Waals surface area contributed by atoms with Crippen molar-refractivity contribution < 1.29 is 14.5 Å². The third-order valence-electron chi connectivity index (χ3n) is 5.92. The van der Waals surface area contributed by atoms with Crippen molar-refractivity contribution in [3.63, 3.8) is 0 Å². The van der Waals surface area contributed by atoms with Gasteiger partial charge in [0.2, 0.25) is 0 Å². The number of nitro benzene ring substituents is 1. The number of nitro groups is 1. The zero-order valence-corrected chi connectivity index (χ0v) is 18.3. The van der Waals surface area contributed by atoms with E-state index in [1.807, 2.05) is 17.9 Å². The Morgan fingerprint density at radius 2 is 1.59 bits per heavy atom. The van der Waals surface area contributed by atoms with E-state index in [4.69, 9.17) is 0 Å². The van der Waals surface area contributed by atoms with Crippen LogP contribution in [0.25, 0.3) is 5.57 Å². The Morgan fingerprint density at radius 3 is 2.19 bits per heavy atom. The molecule has 8 nitrogen and oxygen atoms in total. The van der Waals surface area contributed by atoms with Crippen LogP contribution in [0.15, 0.2) is 54.2 Å². The van der Waals surface area contributed by atoms with E-state index in [0.29, 0.717) is 42.9 Å². The zero-order valence-electron chi connectivity index (χ0n) is 18.3. The van der Waals surface area contributed by atoms with Gasteiger partial charge in [-0.2, -0.15) is 0 Å². The monoisotopic (exact) mass is 434 g/mol. The Morgan fingerprint density at radius 1 is 0.938 bits per heavy atom. The maximum Gasteiger partial charge on any atom is 0.277 e. The van der Waals surface area contributed by atoms with Gasteiger partial charge in [-0.25, -0.2) is 0 Å². The quantitative estimate of drug-likeness (QED) is 0.394. The largest absolute Gasteiger partial charge is 0.368 e. The molecule has 0 N–H and O–H groups in total. The number of benzene rings is 2. The molecule has 2 aliphatic rings. The summed E-state index contributed by atoms with van der Waals surface area (Å²) in [6.45, 7) is 7.01. The lowest BCUT2D eigenvalue weighted by Crippen LogP contribution is -2.47. The standard InChI is InChI=1S/C24H26N4O4/c1-3-11-27-23(29)21(18-7-9-19(10-8-18)28(31)32)22(24(27)30)26-14-12-25(13-15-26)20-6-4-5-17(2)16-20/h4-10,16H,3,11-15H2,1-2H3. The molecule has 2 amide bonds. The number of carbonyl (C=O) groups excluding carboxylic acids is 2. The SMILES string of the molecule is CCCN1C(=O)C(c2ccc([N+](=O)[O-])cc2)=C(N2CCN(c3cccc(C)c3)CC2)C1=O. The number of hydrogen-bond donors (Lipinski definition) is 0. The average molecular weight is 434 g/mol. The summed E-state index contributed by atoms with van der Waals surface area (Å²) in [6, 6.07) is 14.2. The molecule has 2 aromatic rings. The molecule has 2 aromatic carbocycles. The molecular weight excluding hydrogens is 408 g/mol. The third kappa shape index (κ3) is 3.95. The van der Waals surface area contributed by atoms with E-state index in [1.54, 1.807) is 12.1 Å². The average Bonchev–Trinajstić information content (AvgIpc) is 3.04. The van der Waals surface area contributed by atoms with Crippen LogP contribution in [0.1, 0.15) is 24.5 Å². The number of hydrogen-bond acceptors (Lipinski definition) is 6. The first-order valence-electron chi connectivity index (χ1n) is 10.8. The van der Waals surface area contributed by atoms with Gasteiger partial charge in [-0.3, -0.25) is 24.6 Å². The summed E-state index contributed by atoms with van der Waals surface area (Å²) < 4.78 is 0. The van der Waals surface area contributed by atoms with E-state index in [9.17, 15) is 19.7 Å². The molecular formula is C24H26N4O4. The van der Waals surface area contributed by atoms with Gasteiger partial charge in [-0.1, -0.05) is 19.1 Å². The van der Waals surface area contributed by atoms with Crippen LogP contribution in [-0.2, 0) is 9.59 Å². The number of aryl methyl sites for hydroxylation is 1. The number of piperazine rings is 1. The van der Waals surface area contributed by atoms with E-state index in [0.717, 1.165) is 18.8 Å². The molecule has 0 aliphatic carbocycles. The first-order chi connectivity index (χ1) is 15.4. The Balaban J connectivity index is 1.64. The van der Waals surface area contributed by atoms with Crippen LogP contribution in [0, 0.1) is 17.0 Å². The van der Waals surface area contributed by atoms with Crippen molar-refractivity contribution in [3.05, 3.63) is 75.5 Å². The molecule has 0 radical (unpaired) electrons. The van der Waals surface area contributed by atoms with Crippen molar-refractivity contribution in [2.24, 2.45) is 0 Å². The van der Waals surface area contributed by atoms with Crippen LogP contribution in [0.5, 0.6) is 0 Å². The number of carbonyl (C=O) groups is 2. The number of non-ortho nitro benzene ring substituents is 1. The molecule has 8 heteroatoms. The third-order valence-corrected chi connectivity index (χ3v) is 5.92. The highest BCUT2D eigenvalue weighted by atomic mass is 16.6. The summed E-state index contributed by atoms with van der Waals surface area (Å²) in [5, 5.41) is 11.0. The molecule has 0 unspecified atom stereocenters. The molecule has 0 aromatic heterocycles. The van der Waals surface area contributed by atoms with Crippen LogP contribution in [0.4, 0.5) is 11.4 Å². The Bertz CT molecular complexity index is 1090. The lowest BCUT2D eigenvalue weighted by Gasteiger charge is -2.37. The van der Waals surface area contributed by atoms with Gasteiger partial charge in [0.05, 0.1) is 10.5 Å². The first-order valence-corrected chi connectivity index (χ1v) is 10.8. The summed E-state index contributed by atoms with van der Waals surface area (Å²) in [5.74, 6) is -0.615. The molecule has 32 heavy (non-hydrogen) atoms. The zero-order chi connectivity index (χ0) is 22.8. The molecule has 0 bridgehead atoms. The number of rotatable bonds is 6. The Hall–Kier alpha value is -3.68. The molecule has 0 atom stereocenters. The fourth-order valence-corrected chi connectivity index (χ4v) is 4.31. The number of amides is 2. The second kappa shape index (κ2) is 8.82. The van der Waals surface area contributed by atoms with Crippen LogP contribution in [-0.4, -0.2) is 59.3 Å². The molecule has 2 heterocycles. The van der Waals surface area contributed by atoms with Crippen molar-refractivity contribution in [1.29, 1.82) is 0 Å². The van der Waals surface area contributed by atoms with E-state index < -0.39 is 4.92 Å². The van der Waals surface area contributed by atoms with Gasteiger partial charge in [0.25, 0.3) is 17.5 Å². The lowest BCUT2D eigenvalue weighted by atomic mass is 10.0. The Kier molecular flexibility index (Phi) is 5.94. The van der Waals surface area contributed by atoms with Crippen LogP contribution < -0.4 is 4.90 Å². The molecule has 0 saturated carbocycles. The van der Waals surface area contributed by atoms with Crippen LogP contribution in [0.2, 0.25) is 0 Å². The van der Waals surface area contributed by atoms with Gasteiger partial charge < -0.3 is 9.80 Å². The number of anilines is 1. The summed E-state index contributed by atoms with van der Waals surface area (Å²) in [4.78, 5) is 42.5. The normalized spacial score (nSPS) is 16.9. The van der Waals surface area contributed by atoms with Crippen molar-refractivity contribution in [1.82, 2.24) is 9.80 Å². The van der Waals surface area contributed by atoms with Gasteiger partial charge in [0.15, 0.2) is 0 Å². The van der Waals surface area contributed by atoms with E-state index in [-0.39, 0.29) is 17.5 Å². The molecule has 1 saturated heterocycles. The molecule has 2 aliphatic heterocycles. The topological polar surface area (TPSA) is 87.0 Å². The van der Waals surface area contributed by atoms with Gasteiger partial charge in [0.1, 0.15) is 5.70 Å². The minimum Gasteiger partial charge on any atom is -0.368 e. The summed E-state index contributed by atoms with van der Waals surface area (Å²) in [7, 11) is 0. The minimum absolute atomic E-state index is 0.0511. The van der Waals surface area contributed by atoms with Crippen molar-refractivity contribution in [3.8, 4) is 0 Å². The number of imide groups is 1. The maximum atomic E-state index is 13.2. The van der Waals surface area contributed by atoms with Crippen molar-refractivity contribution in [2.45, 2.75) is 20.3 Å². The minimum atomic E-state index is -0.478. The first kappa shape index (κ1) is 21.5. The van der Waals surface area contributed by atoms with E-state index in [1.165, 1.54) is 22.6 Å². The van der Waals surface area contributed by atoms with Gasteiger partial charge in [-0.15, -0.1) is 0 Å². The number of nitrogens with zero attached hydrogens (tertiary/aromatic N) is 4. The molecule has 1 fully saturated rings. The summed E-state index contributed by atoms with van der Waals surface area (Å²) >= 11 is 0. The summed E-state index contributed by atoms with van der Waals surface area (Å²) in [6.07, 6.45) is 0.666. The van der Waals surface area contributed by atoms with Gasteiger partial charge in [0, 0.05) is 50.5 Å². The van der Waals surface area contributed by atoms with Crippen LogP contribution in [0.3, 0.4) is 0 Å². The second-order valence-electron chi connectivity index (χ2n) is 8.10. The molecule has 166 valence electrons. The van der Waals surface area contributed by atoms with Gasteiger partial charge >= 0.3 is 0 Å². The maximum absolute atomic E-state index is 13.2. The fraction of sp³-hybridized carbons (Fsp3) is 0.333. The van der Waals surface area contributed by atoms with Gasteiger partial charge in [-0.05, 0) is 48.7 Å². The summed E-state index contributed by atoms with van der Waals surface area (Å²) in [5.41, 5.74) is 3.56. The Labute approximate surface area is 186 Å². The highest BCUT2D eigenvalue weighted by molar-refractivity contribution is 6.35. The predicted octanol–water partition coefficient (Wildman–Crippen LogP) is 3.22. The lowest BCUT2D eigenvalue weighted by molar-refractivity contribution is -0.384. The predicted molar refractivity (Wildman–Crippen MR) is 122 cm³/mol. The van der Waals surface area contributed by atoms with Crippen molar-refractivity contribution in [2.75, 3.05) is 37.6 Å². The second-order valence-corrected chi connectivity index (χ2v) is 8.10. The highest BCUT2D eigenvalue weighted by Crippen LogP contribution is 2.33. The fourth-order valence-electron chi connectivity index (χ4n) is 4.31. The van der Waals surface area contributed by atoms with E-state index in [2.05, 4.69) is 30.0 Å². The molecule has 0 spiro atoms. The van der Waals surface area contributed by atoms with Crippen LogP contribution >= 0.6 is 0 Å². The highest BCUT2D eigenvalue weighted by Gasteiger charge is 2.41. The smallest absolute Gasteiger partial charge is 0.277 e. The van der Waals surface area contributed by atoms with E-state index >= 15 is 0 Å². The molecule has 4 rings (SSSR count). The van der Waals surface area contributed by atoms with Crippen molar-refractivity contribution >= 4 is 28.8 Å².